The van der Waals surface area contributed by atoms with Gasteiger partial charge in [-0.1, -0.05) is 40.2 Å². The third kappa shape index (κ3) is 6.36. The number of ether oxygens (including phenoxy) is 1. The van der Waals surface area contributed by atoms with Gasteiger partial charge in [-0.2, -0.15) is 0 Å². The number of anilines is 2. The zero-order valence-corrected chi connectivity index (χ0v) is 26.2. The Kier molecular flexibility index (Phi) is 10.1. The summed E-state index contributed by atoms with van der Waals surface area (Å²) in [4.78, 5) is 44.3. The highest BCUT2D eigenvalue weighted by Gasteiger charge is 2.38. The van der Waals surface area contributed by atoms with Crippen LogP contribution in [0.4, 0.5) is 15.8 Å². The molecule has 1 heterocycles. The van der Waals surface area contributed by atoms with Crippen molar-refractivity contribution < 1.29 is 23.5 Å². The molecular formula is C32H31BrClFN4O4. The van der Waals surface area contributed by atoms with Crippen LogP contribution < -0.4 is 25.2 Å². The molecule has 5 rings (SSSR count). The number of fused-ring (bicyclic) bond motifs is 2. The predicted molar refractivity (Wildman–Crippen MR) is 172 cm³/mol. The number of carbonyl (C=O) groups excluding carboxylic acids is 3. The molecule has 1 aliphatic heterocycles. The maximum atomic E-state index is 14.4. The second-order valence-corrected chi connectivity index (χ2v) is 10.8. The summed E-state index contributed by atoms with van der Waals surface area (Å²) in [7, 11) is 3.22. The van der Waals surface area contributed by atoms with Crippen LogP contribution in [0.25, 0.3) is 10.8 Å². The molecule has 0 fully saturated rings. The molecule has 43 heavy (non-hydrogen) atoms. The van der Waals surface area contributed by atoms with Gasteiger partial charge in [-0.3, -0.25) is 14.4 Å². The molecule has 0 bridgehead atoms. The molecule has 1 aliphatic rings. The molecule has 0 spiro atoms. The van der Waals surface area contributed by atoms with Crippen LogP contribution in [0.3, 0.4) is 0 Å². The molecule has 2 N–H and O–H groups in total. The largest absolute Gasteiger partial charge is 0.496 e. The van der Waals surface area contributed by atoms with Crippen molar-refractivity contribution in [2.24, 2.45) is 0 Å². The van der Waals surface area contributed by atoms with E-state index in [0.717, 1.165) is 20.8 Å². The molecule has 0 aliphatic carbocycles. The number of nitrogens with one attached hydrogen (secondary N) is 2. The smallest absolute Gasteiger partial charge is 0.258 e. The van der Waals surface area contributed by atoms with Crippen LogP contribution in [0.15, 0.2) is 83.3 Å². The first kappa shape index (κ1) is 31.9. The third-order valence-corrected chi connectivity index (χ3v) is 8.18. The van der Waals surface area contributed by atoms with Crippen LogP contribution in [-0.4, -0.2) is 50.5 Å². The number of hydrogen-bond acceptors (Lipinski definition) is 5. The van der Waals surface area contributed by atoms with Crippen molar-refractivity contribution in [3.8, 4) is 5.75 Å². The second kappa shape index (κ2) is 13.5. The minimum atomic E-state index is -1.07. The van der Waals surface area contributed by atoms with Gasteiger partial charge in [0.2, 0.25) is 5.91 Å². The Hall–Kier alpha value is -3.99. The van der Waals surface area contributed by atoms with Gasteiger partial charge in [-0.15, -0.1) is 12.4 Å². The molecule has 0 aromatic heterocycles. The number of benzene rings is 4. The maximum Gasteiger partial charge on any atom is 0.258 e. The Labute approximate surface area is 263 Å². The van der Waals surface area contributed by atoms with E-state index in [2.05, 4.69) is 26.6 Å². The molecule has 2 atom stereocenters. The number of nitrogens with zero attached hydrogens (tertiary/aromatic N) is 2. The van der Waals surface area contributed by atoms with Crippen molar-refractivity contribution in [2.45, 2.75) is 25.6 Å². The highest BCUT2D eigenvalue weighted by Crippen LogP contribution is 2.38. The number of rotatable bonds is 7. The van der Waals surface area contributed by atoms with E-state index in [4.69, 9.17) is 4.74 Å². The fourth-order valence-electron chi connectivity index (χ4n) is 5.10. The Balaban J connectivity index is 0.00000423. The Bertz CT molecular complexity index is 1670. The highest BCUT2D eigenvalue weighted by atomic mass is 79.9. The zero-order chi connectivity index (χ0) is 30.0. The normalized spacial score (nSPS) is 15.3. The van der Waals surface area contributed by atoms with E-state index in [1.54, 1.807) is 50.2 Å². The summed E-state index contributed by atoms with van der Waals surface area (Å²) in [6.07, 6.45) is 0. The monoisotopic (exact) mass is 668 g/mol. The minimum absolute atomic E-state index is 0. The summed E-state index contributed by atoms with van der Waals surface area (Å²) >= 11 is 3.62. The molecule has 4 aromatic rings. The van der Waals surface area contributed by atoms with Gasteiger partial charge < -0.3 is 25.2 Å². The van der Waals surface area contributed by atoms with Crippen LogP contribution in [0.2, 0.25) is 0 Å². The van der Waals surface area contributed by atoms with Crippen LogP contribution in [0.1, 0.15) is 22.8 Å². The molecular weight excluding hydrogens is 639 g/mol. The van der Waals surface area contributed by atoms with E-state index in [1.807, 2.05) is 30.3 Å². The van der Waals surface area contributed by atoms with Crippen molar-refractivity contribution in [3.63, 3.8) is 0 Å². The summed E-state index contributed by atoms with van der Waals surface area (Å²) in [5.74, 6) is -1.07. The van der Waals surface area contributed by atoms with E-state index in [-0.39, 0.29) is 42.9 Å². The van der Waals surface area contributed by atoms with Gasteiger partial charge in [-0.05, 0) is 79.3 Å². The van der Waals surface area contributed by atoms with Crippen LogP contribution >= 0.6 is 28.3 Å². The molecule has 11 heteroatoms. The number of methoxy groups -OCH3 is 1. The molecule has 0 unspecified atom stereocenters. The molecule has 4 aromatic carbocycles. The first-order chi connectivity index (χ1) is 20.2. The lowest BCUT2D eigenvalue weighted by Gasteiger charge is -2.27. The summed E-state index contributed by atoms with van der Waals surface area (Å²) in [5.41, 5.74) is 2.00. The summed E-state index contributed by atoms with van der Waals surface area (Å²) in [6, 6.07) is 20.3. The van der Waals surface area contributed by atoms with Gasteiger partial charge in [0.15, 0.2) is 0 Å². The molecule has 8 nitrogen and oxygen atoms in total. The fourth-order valence-corrected chi connectivity index (χ4v) is 5.60. The van der Waals surface area contributed by atoms with Gasteiger partial charge in [-0.25, -0.2) is 4.39 Å². The quantitative estimate of drug-likeness (QED) is 0.273. The lowest BCUT2D eigenvalue weighted by atomic mass is 10.0. The first-order valence-corrected chi connectivity index (χ1v) is 14.2. The van der Waals surface area contributed by atoms with Crippen molar-refractivity contribution in [3.05, 3.63) is 100 Å². The van der Waals surface area contributed by atoms with Gasteiger partial charge >= 0.3 is 0 Å². The van der Waals surface area contributed by atoms with Crippen molar-refractivity contribution in [2.75, 3.05) is 30.5 Å². The second-order valence-electron chi connectivity index (χ2n) is 9.99. The van der Waals surface area contributed by atoms with Gasteiger partial charge in [0.25, 0.3) is 11.8 Å². The maximum absolute atomic E-state index is 14.4. The minimum Gasteiger partial charge on any atom is -0.496 e. The highest BCUT2D eigenvalue weighted by molar-refractivity contribution is 9.10. The van der Waals surface area contributed by atoms with Crippen molar-refractivity contribution in [1.29, 1.82) is 0 Å². The number of likely N-dealkylation sites (N-methyl/N-ethyl adjacent to an activating group) is 1. The summed E-state index contributed by atoms with van der Waals surface area (Å²) in [5, 5.41) is 7.57. The molecule has 0 saturated heterocycles. The number of carbonyl (C=O) groups is 3. The lowest BCUT2D eigenvalue weighted by Crippen LogP contribution is -2.55. The van der Waals surface area contributed by atoms with Crippen LogP contribution in [0, 0.1) is 5.82 Å². The molecule has 3 amide bonds. The van der Waals surface area contributed by atoms with Crippen LogP contribution in [-0.2, 0) is 16.1 Å². The van der Waals surface area contributed by atoms with Crippen LogP contribution in [0.5, 0.6) is 5.75 Å². The number of amides is 3. The Morgan fingerprint density at radius 3 is 2.37 bits per heavy atom. The third-order valence-electron chi connectivity index (χ3n) is 7.48. The Morgan fingerprint density at radius 2 is 1.70 bits per heavy atom. The molecule has 0 saturated carbocycles. The fraction of sp³-hybridized carbons (Fsp3) is 0.219. The standard InChI is InChI=1S/C32H30BrFN4O4.ClH/c1-19(35-2)30(39)36-26-18-38(31(40)20-11-13-21(34)14-12-20)28-10-5-4-9-27(28)37(32(26)41)17-24-22-7-6-8-25(33)23(22)15-16-29(24)42-3;/h4-16,19,26,35H,17-18H2,1-3H3,(H,36,39);1H/t19-,26-;/m0./s1. The van der Waals surface area contributed by atoms with Gasteiger partial charge in [0, 0.05) is 15.6 Å². The summed E-state index contributed by atoms with van der Waals surface area (Å²) < 4.78 is 20.3. The number of halogens is 3. The van der Waals surface area contributed by atoms with E-state index in [0.29, 0.717) is 17.1 Å². The average Bonchev–Trinajstić information content (AvgIpc) is 3.11. The topological polar surface area (TPSA) is 91.0 Å². The molecule has 224 valence electrons. The first-order valence-electron chi connectivity index (χ1n) is 13.4. The van der Waals surface area contributed by atoms with Crippen molar-refractivity contribution in [1.82, 2.24) is 10.6 Å². The lowest BCUT2D eigenvalue weighted by molar-refractivity contribution is -0.128. The van der Waals surface area contributed by atoms with E-state index < -0.39 is 23.8 Å². The van der Waals surface area contributed by atoms with Gasteiger partial charge in [0.05, 0.1) is 37.6 Å². The molecule has 0 radical (unpaired) electrons. The number of para-hydroxylation sites is 2. The average molecular weight is 670 g/mol. The number of hydrogen-bond donors (Lipinski definition) is 2. The van der Waals surface area contributed by atoms with E-state index in [9.17, 15) is 18.8 Å². The summed E-state index contributed by atoms with van der Waals surface area (Å²) in [6.45, 7) is 1.67. The SMILES string of the molecule is CN[C@@H](C)C(=O)N[C@H]1CN(C(=O)c2ccc(F)cc2)c2ccccc2N(Cc2c(OC)ccc3c(Br)cccc23)C1=O.Cl. The zero-order valence-electron chi connectivity index (χ0n) is 23.8. The van der Waals surface area contributed by atoms with E-state index in [1.165, 1.54) is 29.2 Å². The van der Waals surface area contributed by atoms with Gasteiger partial charge in [0.1, 0.15) is 17.6 Å². The Morgan fingerprint density at radius 1 is 1.00 bits per heavy atom. The predicted octanol–water partition coefficient (Wildman–Crippen LogP) is 5.46. The van der Waals surface area contributed by atoms with Crippen molar-refractivity contribution >= 4 is 68.2 Å². The van der Waals surface area contributed by atoms with E-state index >= 15 is 0 Å².